The quantitative estimate of drug-likeness (QED) is 0.0237. The zero-order valence-electron chi connectivity index (χ0n) is 34.8. The molecule has 0 fully saturated rings. The summed E-state index contributed by atoms with van der Waals surface area (Å²) in [4.78, 5) is 35.0. The van der Waals surface area contributed by atoms with Gasteiger partial charge in [0.1, 0.15) is 12.7 Å². The highest BCUT2D eigenvalue weighted by atomic mass is 31.2. The minimum Gasteiger partial charge on any atom is -0.462 e. The maximum Gasteiger partial charge on any atom is 0.472 e. The van der Waals surface area contributed by atoms with Crippen molar-refractivity contribution < 1.29 is 47.8 Å². The van der Waals surface area contributed by atoms with Crippen molar-refractivity contribution in [2.24, 2.45) is 0 Å². The van der Waals surface area contributed by atoms with Crippen LogP contribution in [0.5, 0.6) is 0 Å². The first-order valence-electron chi connectivity index (χ1n) is 21.4. The van der Waals surface area contributed by atoms with Gasteiger partial charge in [-0.1, -0.05) is 145 Å². The van der Waals surface area contributed by atoms with Gasteiger partial charge in [0.05, 0.1) is 19.8 Å². The summed E-state index contributed by atoms with van der Waals surface area (Å²) in [6.45, 7) is 2.18. The average Bonchev–Trinajstić information content (AvgIpc) is 3.19. The highest BCUT2D eigenvalue weighted by Crippen LogP contribution is 2.43. The van der Waals surface area contributed by atoms with Crippen molar-refractivity contribution in [3.63, 3.8) is 0 Å². The molecule has 0 aliphatic rings. The third-order valence-electron chi connectivity index (χ3n) is 8.59. The molecule has 0 aliphatic carbocycles. The lowest BCUT2D eigenvalue weighted by atomic mass is 10.1. The largest absolute Gasteiger partial charge is 0.472 e. The fourth-order valence-corrected chi connectivity index (χ4v) is 6.08. The Kier molecular flexibility index (Phi) is 38.7. The van der Waals surface area contributed by atoms with Crippen LogP contribution in [0, 0.1) is 0 Å². The predicted octanol–water partition coefficient (Wildman–Crippen LogP) is 11.3. The van der Waals surface area contributed by atoms with Crippen LogP contribution in [0.4, 0.5) is 0 Å². The van der Waals surface area contributed by atoms with Crippen LogP contribution in [0.1, 0.15) is 162 Å². The Balaban J connectivity index is 4.36. The Morgan fingerprint density at radius 1 is 0.554 bits per heavy atom. The van der Waals surface area contributed by atoms with Gasteiger partial charge in [0.15, 0.2) is 6.10 Å². The van der Waals surface area contributed by atoms with Gasteiger partial charge in [0.2, 0.25) is 0 Å². The molecule has 0 aromatic carbocycles. The summed E-state index contributed by atoms with van der Waals surface area (Å²) in [6.07, 6.45) is 45.7. The first-order valence-corrected chi connectivity index (χ1v) is 22.9. The van der Waals surface area contributed by atoms with Gasteiger partial charge in [-0.2, -0.15) is 0 Å². The average molecular weight is 809 g/mol. The summed E-state index contributed by atoms with van der Waals surface area (Å²) in [5.41, 5.74) is 0. The van der Waals surface area contributed by atoms with Crippen LogP contribution >= 0.6 is 7.82 Å². The molecule has 56 heavy (non-hydrogen) atoms. The molecule has 3 unspecified atom stereocenters. The minimum absolute atomic E-state index is 0.161. The number of ether oxygens (including phenoxy) is 2. The molecule has 0 rings (SSSR count). The second-order valence-electron chi connectivity index (χ2n) is 14.0. The van der Waals surface area contributed by atoms with E-state index in [1.165, 1.54) is 12.8 Å². The van der Waals surface area contributed by atoms with Gasteiger partial charge in [-0.05, 0) is 77.0 Å². The second-order valence-corrected chi connectivity index (χ2v) is 15.4. The zero-order valence-corrected chi connectivity index (χ0v) is 35.7. The summed E-state index contributed by atoms with van der Waals surface area (Å²) in [7, 11) is -4.63. The third kappa shape index (κ3) is 39.6. The summed E-state index contributed by atoms with van der Waals surface area (Å²) < 4.78 is 32.7. The van der Waals surface area contributed by atoms with Gasteiger partial charge in [0, 0.05) is 12.8 Å². The number of aliphatic hydroxyl groups is 2. The number of phosphoric acid groups is 1. The molecule has 3 N–H and O–H groups in total. The lowest BCUT2D eigenvalue weighted by Gasteiger charge is -2.20. The highest BCUT2D eigenvalue weighted by molar-refractivity contribution is 7.47. The molecule has 0 aromatic heterocycles. The van der Waals surface area contributed by atoms with Crippen molar-refractivity contribution in [2.75, 3.05) is 26.4 Å². The van der Waals surface area contributed by atoms with Gasteiger partial charge in [-0.25, -0.2) is 4.57 Å². The van der Waals surface area contributed by atoms with Crippen LogP contribution in [0.25, 0.3) is 0 Å². The molecular formula is C45H77O10P. The summed E-state index contributed by atoms with van der Waals surface area (Å²) in [5, 5.41) is 18.3. The highest BCUT2D eigenvalue weighted by Gasteiger charge is 2.27. The van der Waals surface area contributed by atoms with Crippen molar-refractivity contribution in [1.29, 1.82) is 0 Å². The van der Waals surface area contributed by atoms with Crippen molar-refractivity contribution in [2.45, 2.75) is 174 Å². The van der Waals surface area contributed by atoms with Crippen molar-refractivity contribution >= 4 is 19.8 Å². The van der Waals surface area contributed by atoms with Gasteiger partial charge in [-0.15, -0.1) is 0 Å². The number of esters is 2. The molecule has 0 aromatic rings. The molecule has 11 heteroatoms. The molecule has 0 saturated heterocycles. The van der Waals surface area contributed by atoms with Crippen molar-refractivity contribution in [1.82, 2.24) is 0 Å². The topological polar surface area (TPSA) is 149 Å². The van der Waals surface area contributed by atoms with E-state index in [4.69, 9.17) is 19.1 Å². The second kappa shape index (κ2) is 40.6. The number of phosphoric ester groups is 1. The monoisotopic (exact) mass is 809 g/mol. The number of rotatable bonds is 39. The van der Waals surface area contributed by atoms with E-state index in [2.05, 4.69) is 91.3 Å². The van der Waals surface area contributed by atoms with Gasteiger partial charge < -0.3 is 24.6 Å². The summed E-state index contributed by atoms with van der Waals surface area (Å²) in [6, 6.07) is 0. The summed E-state index contributed by atoms with van der Waals surface area (Å²) in [5.74, 6) is -0.964. The Morgan fingerprint density at radius 3 is 1.48 bits per heavy atom. The van der Waals surface area contributed by atoms with Crippen LogP contribution in [-0.4, -0.2) is 65.7 Å². The van der Waals surface area contributed by atoms with Crippen molar-refractivity contribution in [3.8, 4) is 0 Å². The van der Waals surface area contributed by atoms with Gasteiger partial charge in [-0.3, -0.25) is 18.6 Å². The van der Waals surface area contributed by atoms with Crippen molar-refractivity contribution in [3.05, 3.63) is 72.9 Å². The fourth-order valence-electron chi connectivity index (χ4n) is 5.29. The molecule has 0 heterocycles. The molecular weight excluding hydrogens is 731 g/mol. The minimum atomic E-state index is -4.63. The van der Waals surface area contributed by atoms with Crippen LogP contribution < -0.4 is 0 Å². The van der Waals surface area contributed by atoms with E-state index < -0.39 is 51.8 Å². The third-order valence-corrected chi connectivity index (χ3v) is 9.55. The molecule has 322 valence electrons. The van der Waals surface area contributed by atoms with E-state index >= 15 is 0 Å². The van der Waals surface area contributed by atoms with E-state index in [1.807, 2.05) is 0 Å². The molecule has 0 amide bonds. The number of aliphatic hydroxyl groups excluding tert-OH is 2. The molecule has 0 radical (unpaired) electrons. The Hall–Kier alpha value is -2.59. The lowest BCUT2D eigenvalue weighted by Crippen LogP contribution is -2.29. The maximum atomic E-state index is 12.6. The Labute approximate surface area is 339 Å². The molecule has 3 atom stereocenters. The number of carbonyl (C=O) groups excluding carboxylic acids is 2. The normalized spacial score (nSPS) is 14.6. The van der Waals surface area contributed by atoms with Crippen LogP contribution in [0.15, 0.2) is 72.9 Å². The predicted molar refractivity (Wildman–Crippen MR) is 228 cm³/mol. The van der Waals surface area contributed by atoms with E-state index in [0.29, 0.717) is 12.8 Å². The molecule has 10 nitrogen and oxygen atoms in total. The fraction of sp³-hybridized carbons (Fsp3) is 0.689. The zero-order chi connectivity index (χ0) is 41.2. The Bertz CT molecular complexity index is 1160. The van der Waals surface area contributed by atoms with Crippen LogP contribution in [0.3, 0.4) is 0 Å². The standard InChI is InChI=1S/C45H77O10P/c1-3-5-7-9-11-13-15-17-19-20-21-22-23-25-27-29-31-33-35-37-45(49)55-43(41-54-56(50,51)53-39-42(47)38-46)40-52-44(48)36-34-32-30-28-26-24-18-16-14-12-10-8-6-4-2/h5,7,10-13,16-19,21-22,42-43,46-47H,3-4,6,8-9,14-15,20,23-41H2,1-2H3,(H,50,51)/b7-5-,12-10-,13-11-,18-16-,19-17-,22-21-. The first kappa shape index (κ1) is 53.4. The smallest absolute Gasteiger partial charge is 0.462 e. The number of unbranched alkanes of at least 4 members (excludes halogenated alkanes) is 13. The van der Waals surface area contributed by atoms with E-state index in [9.17, 15) is 24.2 Å². The first-order chi connectivity index (χ1) is 27.2. The molecule has 0 spiro atoms. The number of allylic oxidation sites excluding steroid dienone is 12. The van der Waals surface area contributed by atoms with Gasteiger partial charge >= 0.3 is 19.8 Å². The van der Waals surface area contributed by atoms with E-state index in [0.717, 1.165) is 109 Å². The summed E-state index contributed by atoms with van der Waals surface area (Å²) >= 11 is 0. The number of hydrogen-bond acceptors (Lipinski definition) is 9. The molecule has 0 bridgehead atoms. The van der Waals surface area contributed by atoms with Crippen LogP contribution in [0.2, 0.25) is 0 Å². The lowest BCUT2D eigenvalue weighted by molar-refractivity contribution is -0.161. The van der Waals surface area contributed by atoms with E-state index in [1.54, 1.807) is 0 Å². The SMILES string of the molecule is CC/C=C\C/C=C\C/C=C\C/C=C\CCCCCCCCC(=O)OC(COC(=O)CCCCCCC/C=C\C/C=C\CCCC)COP(=O)(O)OCC(O)CO. The number of carbonyl (C=O) groups is 2. The maximum absolute atomic E-state index is 12.6. The van der Waals surface area contributed by atoms with Crippen LogP contribution in [-0.2, 0) is 32.7 Å². The Morgan fingerprint density at radius 2 is 0.982 bits per heavy atom. The number of hydrogen-bond donors (Lipinski definition) is 3. The van der Waals surface area contributed by atoms with Gasteiger partial charge in [0.25, 0.3) is 0 Å². The van der Waals surface area contributed by atoms with E-state index in [-0.39, 0.29) is 19.4 Å². The molecule has 0 aliphatic heterocycles. The molecule has 0 saturated carbocycles.